The van der Waals surface area contributed by atoms with Crippen molar-refractivity contribution in [2.45, 2.75) is 65.8 Å². The molecule has 1 atom stereocenters. The average Bonchev–Trinajstić information content (AvgIpc) is 3.03. The topological polar surface area (TPSA) is 50.8 Å². The molecule has 1 aromatic rings. The Morgan fingerprint density at radius 1 is 1.27 bits per heavy atom. The number of carbonyl (C=O) groups is 1. The molecule has 0 aromatic heterocycles. The number of benzene rings is 1. The smallest absolute Gasteiger partial charge is 0.260 e. The molecule has 2 rings (SSSR count). The maximum absolute atomic E-state index is 13.1. The van der Waals surface area contributed by atoms with Crippen LogP contribution in [0, 0.1) is 0 Å². The van der Waals surface area contributed by atoms with E-state index in [1.54, 1.807) is 20.3 Å². The molecule has 1 aromatic carbocycles. The van der Waals surface area contributed by atoms with Gasteiger partial charge in [-0.05, 0) is 63.5 Å². The van der Waals surface area contributed by atoms with E-state index < -0.39 is 0 Å². The molecule has 0 aliphatic carbocycles. The van der Waals surface area contributed by atoms with Gasteiger partial charge in [0.05, 0.1) is 12.7 Å². The molecule has 0 spiro atoms. The Hall–Kier alpha value is -2.27. The Balaban J connectivity index is 0.000000479. The molecule has 0 saturated heterocycles. The average molecular weight is 417 g/mol. The monoisotopic (exact) mass is 416 g/mol. The zero-order valence-corrected chi connectivity index (χ0v) is 19.9. The number of unbranched alkanes of at least 4 members (excludes halogenated alkanes) is 3. The van der Waals surface area contributed by atoms with E-state index in [1.807, 2.05) is 43.2 Å². The van der Waals surface area contributed by atoms with Gasteiger partial charge in [0, 0.05) is 38.2 Å². The second-order valence-electron chi connectivity index (χ2n) is 7.61. The molecule has 30 heavy (non-hydrogen) atoms. The van der Waals surface area contributed by atoms with Crippen molar-refractivity contribution in [3.05, 3.63) is 47.2 Å². The van der Waals surface area contributed by atoms with E-state index in [0.717, 1.165) is 24.4 Å². The molecule has 0 fully saturated rings. The van der Waals surface area contributed by atoms with Gasteiger partial charge < -0.3 is 19.7 Å². The van der Waals surface area contributed by atoms with Gasteiger partial charge in [0.25, 0.3) is 5.91 Å². The molecular weight excluding hydrogens is 376 g/mol. The van der Waals surface area contributed by atoms with Gasteiger partial charge in [-0.15, -0.1) is 0 Å². The highest BCUT2D eigenvalue weighted by Crippen LogP contribution is 2.33. The normalized spacial score (nSPS) is 16.0. The lowest BCUT2D eigenvalue weighted by molar-refractivity contribution is 0.0782. The van der Waals surface area contributed by atoms with Crippen molar-refractivity contribution in [2.75, 3.05) is 33.2 Å². The minimum absolute atomic E-state index is 0.000648. The van der Waals surface area contributed by atoms with Gasteiger partial charge in [-0.25, -0.2) is 0 Å². The zero-order chi connectivity index (χ0) is 22.5. The van der Waals surface area contributed by atoms with Gasteiger partial charge >= 0.3 is 0 Å². The number of amides is 1. The zero-order valence-electron chi connectivity index (χ0n) is 19.9. The summed E-state index contributed by atoms with van der Waals surface area (Å²) in [6, 6.07) is 5.68. The number of hydrogen-bond donors (Lipinski definition) is 1. The van der Waals surface area contributed by atoms with E-state index >= 15 is 0 Å². The summed E-state index contributed by atoms with van der Waals surface area (Å²) >= 11 is 0. The second kappa shape index (κ2) is 13.9. The predicted octanol–water partition coefficient (Wildman–Crippen LogP) is 6.03. The number of ether oxygens (including phenoxy) is 2. The van der Waals surface area contributed by atoms with Crippen LogP contribution in [0.5, 0.6) is 5.75 Å². The molecule has 1 amide bonds. The van der Waals surface area contributed by atoms with Gasteiger partial charge in [-0.2, -0.15) is 0 Å². The number of anilines is 1. The summed E-state index contributed by atoms with van der Waals surface area (Å²) in [7, 11) is 5.18. The number of nitrogens with zero attached hydrogens (tertiary/aromatic N) is 1. The lowest BCUT2D eigenvalue weighted by Crippen LogP contribution is -2.34. The van der Waals surface area contributed by atoms with Crippen LogP contribution >= 0.6 is 0 Å². The number of methoxy groups -OCH3 is 2. The summed E-state index contributed by atoms with van der Waals surface area (Å²) in [5.74, 6) is 0.684. The first-order chi connectivity index (χ1) is 14.4. The maximum Gasteiger partial charge on any atom is 0.260 e. The van der Waals surface area contributed by atoms with Crippen molar-refractivity contribution in [3.8, 4) is 5.75 Å². The molecule has 1 heterocycles. The second-order valence-corrected chi connectivity index (χ2v) is 7.61. The summed E-state index contributed by atoms with van der Waals surface area (Å²) in [6.45, 7) is 9.28. The van der Waals surface area contributed by atoms with Crippen molar-refractivity contribution in [1.29, 1.82) is 0 Å². The molecule has 168 valence electrons. The van der Waals surface area contributed by atoms with E-state index in [2.05, 4.69) is 26.1 Å². The Morgan fingerprint density at radius 3 is 2.57 bits per heavy atom. The van der Waals surface area contributed by atoms with Crippen molar-refractivity contribution in [3.63, 3.8) is 0 Å². The summed E-state index contributed by atoms with van der Waals surface area (Å²) < 4.78 is 10.2. The molecule has 5 heteroatoms. The number of hydrogen-bond acceptors (Lipinski definition) is 4. The van der Waals surface area contributed by atoms with E-state index in [0.29, 0.717) is 11.3 Å². The SMILES string of the molecule is C/C=C\C1=C(C)C[C@@H](C)N1C(=O)c1cc(OC)ccc1NC.CCCCCCOC. The van der Waals surface area contributed by atoms with E-state index in [1.165, 1.54) is 31.3 Å². The van der Waals surface area contributed by atoms with Crippen LogP contribution in [0.1, 0.15) is 70.2 Å². The molecule has 0 saturated carbocycles. The molecule has 0 bridgehead atoms. The molecule has 0 unspecified atom stereocenters. The van der Waals surface area contributed by atoms with Crippen LogP contribution in [0.3, 0.4) is 0 Å². The summed E-state index contributed by atoms with van der Waals surface area (Å²) in [5.41, 5.74) is 3.69. The highest BCUT2D eigenvalue weighted by molar-refractivity contribution is 6.01. The number of rotatable bonds is 9. The molecule has 1 aliphatic rings. The van der Waals surface area contributed by atoms with Crippen LogP contribution in [-0.2, 0) is 4.74 Å². The number of carbonyl (C=O) groups excluding carboxylic acids is 1. The first-order valence-corrected chi connectivity index (χ1v) is 11.0. The summed E-state index contributed by atoms with van der Waals surface area (Å²) in [6.07, 6.45) is 10.1. The third kappa shape index (κ3) is 7.21. The van der Waals surface area contributed by atoms with Crippen LogP contribution in [0.4, 0.5) is 5.69 Å². The fraction of sp³-hybridized carbons (Fsp3) is 0.560. The molecule has 1 N–H and O–H groups in total. The van der Waals surface area contributed by atoms with Crippen LogP contribution in [0.25, 0.3) is 0 Å². The third-order valence-corrected chi connectivity index (χ3v) is 5.21. The first-order valence-electron chi connectivity index (χ1n) is 11.0. The van der Waals surface area contributed by atoms with Crippen LogP contribution in [0.15, 0.2) is 41.6 Å². The summed E-state index contributed by atoms with van der Waals surface area (Å²) in [5, 5.41) is 3.09. The largest absolute Gasteiger partial charge is 0.497 e. The Labute approximate surface area is 183 Å². The van der Waals surface area contributed by atoms with E-state index in [-0.39, 0.29) is 11.9 Å². The van der Waals surface area contributed by atoms with Crippen molar-refractivity contribution >= 4 is 11.6 Å². The maximum atomic E-state index is 13.1. The van der Waals surface area contributed by atoms with Gasteiger partial charge in [0.15, 0.2) is 0 Å². The minimum Gasteiger partial charge on any atom is -0.497 e. The minimum atomic E-state index is 0.000648. The van der Waals surface area contributed by atoms with Gasteiger partial charge in [-0.1, -0.05) is 32.3 Å². The number of nitrogens with one attached hydrogen (secondary N) is 1. The molecule has 1 aliphatic heterocycles. The predicted molar refractivity (Wildman–Crippen MR) is 126 cm³/mol. The van der Waals surface area contributed by atoms with E-state index in [4.69, 9.17) is 9.47 Å². The Morgan fingerprint density at radius 2 is 2.00 bits per heavy atom. The highest BCUT2D eigenvalue weighted by Gasteiger charge is 2.32. The fourth-order valence-electron chi connectivity index (χ4n) is 3.62. The molecule has 5 nitrogen and oxygen atoms in total. The quantitative estimate of drug-likeness (QED) is 0.499. The summed E-state index contributed by atoms with van der Waals surface area (Å²) in [4.78, 5) is 15.0. The van der Waals surface area contributed by atoms with Gasteiger partial charge in [0.1, 0.15) is 5.75 Å². The van der Waals surface area contributed by atoms with Crippen LogP contribution in [0.2, 0.25) is 0 Å². The Kier molecular flexibility index (Phi) is 11.9. The van der Waals surface area contributed by atoms with Gasteiger partial charge in [0.2, 0.25) is 0 Å². The molecule has 0 radical (unpaired) electrons. The van der Waals surface area contributed by atoms with Gasteiger partial charge in [-0.3, -0.25) is 4.79 Å². The Bertz CT molecular complexity index is 719. The van der Waals surface area contributed by atoms with Crippen LogP contribution < -0.4 is 10.1 Å². The standard InChI is InChI=1S/C18H24N2O2.C7H16O/c1-6-7-17-12(2)10-13(3)20(17)18(21)15-11-14(22-5)8-9-16(15)19-4;1-3-4-5-6-7-8-2/h6-9,11,13,19H,10H2,1-5H3;3-7H2,1-2H3/b7-6-;/t13-;/m1./s1. The highest BCUT2D eigenvalue weighted by atomic mass is 16.5. The number of allylic oxidation sites excluding steroid dienone is 2. The van der Waals surface area contributed by atoms with Crippen molar-refractivity contribution < 1.29 is 14.3 Å². The van der Waals surface area contributed by atoms with E-state index in [9.17, 15) is 4.79 Å². The lowest BCUT2D eigenvalue weighted by atomic mass is 10.1. The van der Waals surface area contributed by atoms with Crippen LogP contribution in [-0.4, -0.2) is 44.7 Å². The van der Waals surface area contributed by atoms with Crippen molar-refractivity contribution in [2.24, 2.45) is 0 Å². The first kappa shape index (κ1) is 25.8. The lowest BCUT2D eigenvalue weighted by Gasteiger charge is -2.25. The third-order valence-electron chi connectivity index (χ3n) is 5.21. The van der Waals surface area contributed by atoms with Crippen molar-refractivity contribution in [1.82, 2.24) is 4.90 Å². The fourth-order valence-corrected chi connectivity index (χ4v) is 3.62. The molecular formula is C25H40N2O3.